The van der Waals surface area contributed by atoms with Gasteiger partial charge >= 0.3 is 0 Å². The fraction of sp³-hybridized carbons (Fsp3) is 0.250. The van der Waals surface area contributed by atoms with E-state index < -0.39 is 0 Å². The van der Waals surface area contributed by atoms with Gasteiger partial charge in [-0.3, -0.25) is 0 Å². The predicted octanol–water partition coefficient (Wildman–Crippen LogP) is 3.69. The zero-order chi connectivity index (χ0) is 13.8. The Hall–Kier alpha value is -1.87. The number of nitrogens with two attached hydrogens (primary N) is 1. The summed E-state index contributed by atoms with van der Waals surface area (Å²) in [6.07, 6.45) is 0.658. The SMILES string of the molecule is Cc1ccc(Nc2ccc(F)cc2CCN)cc1C. The summed E-state index contributed by atoms with van der Waals surface area (Å²) in [5, 5.41) is 3.33. The van der Waals surface area contributed by atoms with Gasteiger partial charge in [0.05, 0.1) is 0 Å². The number of hydrogen-bond donors (Lipinski definition) is 2. The van der Waals surface area contributed by atoms with Gasteiger partial charge in [0.2, 0.25) is 0 Å². The van der Waals surface area contributed by atoms with Crippen molar-refractivity contribution in [2.24, 2.45) is 5.73 Å². The molecule has 2 rings (SSSR count). The molecule has 3 heteroatoms. The third kappa shape index (κ3) is 3.32. The highest BCUT2D eigenvalue weighted by molar-refractivity contribution is 5.64. The summed E-state index contributed by atoms with van der Waals surface area (Å²) in [6, 6.07) is 10.9. The zero-order valence-electron chi connectivity index (χ0n) is 11.3. The molecular formula is C16H19FN2. The summed E-state index contributed by atoms with van der Waals surface area (Å²) in [7, 11) is 0. The molecule has 0 aliphatic carbocycles. The first-order valence-electron chi connectivity index (χ1n) is 6.43. The van der Waals surface area contributed by atoms with Crippen LogP contribution in [0.5, 0.6) is 0 Å². The normalized spacial score (nSPS) is 10.5. The van der Waals surface area contributed by atoms with E-state index in [1.165, 1.54) is 23.3 Å². The summed E-state index contributed by atoms with van der Waals surface area (Å²) in [4.78, 5) is 0. The van der Waals surface area contributed by atoms with E-state index >= 15 is 0 Å². The van der Waals surface area contributed by atoms with Gasteiger partial charge in [-0.1, -0.05) is 6.07 Å². The number of rotatable bonds is 4. The molecule has 0 fully saturated rings. The number of aryl methyl sites for hydroxylation is 2. The van der Waals surface area contributed by atoms with Crippen molar-refractivity contribution in [2.75, 3.05) is 11.9 Å². The molecule has 0 aromatic heterocycles. The van der Waals surface area contributed by atoms with Crippen molar-refractivity contribution in [3.05, 3.63) is 58.9 Å². The standard InChI is InChI=1S/C16H19FN2/c1-11-3-5-15(9-12(11)2)19-16-6-4-14(17)10-13(16)7-8-18/h3-6,9-10,19H,7-8,18H2,1-2H3. The van der Waals surface area contributed by atoms with Crippen LogP contribution in [0.2, 0.25) is 0 Å². The molecule has 2 aromatic rings. The first-order valence-corrected chi connectivity index (χ1v) is 6.43. The maximum Gasteiger partial charge on any atom is 0.123 e. The molecule has 0 saturated heterocycles. The van der Waals surface area contributed by atoms with Gasteiger partial charge in [0.1, 0.15) is 5.82 Å². The Labute approximate surface area is 113 Å². The first-order chi connectivity index (χ1) is 9.10. The van der Waals surface area contributed by atoms with E-state index in [1.54, 1.807) is 6.07 Å². The van der Waals surface area contributed by atoms with Crippen molar-refractivity contribution in [3.8, 4) is 0 Å². The van der Waals surface area contributed by atoms with Crippen molar-refractivity contribution in [2.45, 2.75) is 20.3 Å². The maximum atomic E-state index is 13.3. The lowest BCUT2D eigenvalue weighted by atomic mass is 10.1. The van der Waals surface area contributed by atoms with Crippen LogP contribution in [-0.2, 0) is 6.42 Å². The molecule has 0 spiro atoms. The molecule has 0 bridgehead atoms. The van der Waals surface area contributed by atoms with Crippen LogP contribution < -0.4 is 11.1 Å². The second-order valence-electron chi connectivity index (χ2n) is 4.76. The molecule has 0 unspecified atom stereocenters. The van der Waals surface area contributed by atoms with Crippen LogP contribution in [0.4, 0.5) is 15.8 Å². The third-order valence-electron chi connectivity index (χ3n) is 3.27. The highest BCUT2D eigenvalue weighted by Crippen LogP contribution is 2.23. The van der Waals surface area contributed by atoms with Crippen LogP contribution in [-0.4, -0.2) is 6.54 Å². The quantitative estimate of drug-likeness (QED) is 0.877. The molecule has 0 aliphatic rings. The molecule has 2 nitrogen and oxygen atoms in total. The molecule has 100 valence electrons. The summed E-state index contributed by atoms with van der Waals surface area (Å²) in [6.45, 7) is 4.66. The highest BCUT2D eigenvalue weighted by Gasteiger charge is 2.05. The zero-order valence-corrected chi connectivity index (χ0v) is 11.3. The topological polar surface area (TPSA) is 38.0 Å². The average molecular weight is 258 g/mol. The van der Waals surface area contributed by atoms with Crippen LogP contribution in [0.15, 0.2) is 36.4 Å². The minimum Gasteiger partial charge on any atom is -0.355 e. The van der Waals surface area contributed by atoms with Gasteiger partial charge in [-0.25, -0.2) is 4.39 Å². The Morgan fingerprint density at radius 2 is 1.84 bits per heavy atom. The Kier molecular flexibility index (Phi) is 4.17. The Balaban J connectivity index is 2.29. The van der Waals surface area contributed by atoms with Crippen LogP contribution in [0.3, 0.4) is 0 Å². The van der Waals surface area contributed by atoms with Crippen LogP contribution >= 0.6 is 0 Å². The van der Waals surface area contributed by atoms with Crippen LogP contribution in [0, 0.1) is 19.7 Å². The Morgan fingerprint density at radius 3 is 2.53 bits per heavy atom. The number of halogens is 1. The van der Waals surface area contributed by atoms with Crippen molar-refractivity contribution in [1.82, 2.24) is 0 Å². The maximum absolute atomic E-state index is 13.3. The lowest BCUT2D eigenvalue weighted by Crippen LogP contribution is -2.06. The fourth-order valence-corrected chi connectivity index (χ4v) is 2.02. The van der Waals surface area contributed by atoms with E-state index in [4.69, 9.17) is 5.73 Å². The van der Waals surface area contributed by atoms with Gasteiger partial charge in [-0.05, 0) is 73.8 Å². The molecular weight excluding hydrogens is 239 g/mol. The number of benzene rings is 2. The van der Waals surface area contributed by atoms with Gasteiger partial charge in [0, 0.05) is 11.4 Å². The van der Waals surface area contributed by atoms with Crippen molar-refractivity contribution >= 4 is 11.4 Å². The molecule has 19 heavy (non-hydrogen) atoms. The Morgan fingerprint density at radius 1 is 1.05 bits per heavy atom. The van der Waals surface area contributed by atoms with Crippen molar-refractivity contribution in [3.63, 3.8) is 0 Å². The smallest absolute Gasteiger partial charge is 0.123 e. The second-order valence-corrected chi connectivity index (χ2v) is 4.76. The number of hydrogen-bond acceptors (Lipinski definition) is 2. The van der Waals surface area contributed by atoms with E-state index in [0.29, 0.717) is 13.0 Å². The predicted molar refractivity (Wildman–Crippen MR) is 78.4 cm³/mol. The Bertz CT molecular complexity index is 579. The van der Waals surface area contributed by atoms with Gasteiger partial charge in [0.15, 0.2) is 0 Å². The molecule has 0 heterocycles. The number of anilines is 2. The summed E-state index contributed by atoms with van der Waals surface area (Å²) in [5.41, 5.74) is 10.9. The van der Waals surface area contributed by atoms with E-state index in [1.807, 2.05) is 6.07 Å². The van der Waals surface area contributed by atoms with E-state index in [2.05, 4.69) is 31.3 Å². The molecule has 0 radical (unpaired) electrons. The largest absolute Gasteiger partial charge is 0.355 e. The third-order valence-corrected chi connectivity index (χ3v) is 3.27. The lowest BCUT2D eigenvalue weighted by molar-refractivity contribution is 0.625. The fourth-order valence-electron chi connectivity index (χ4n) is 2.02. The molecule has 0 atom stereocenters. The highest BCUT2D eigenvalue weighted by atomic mass is 19.1. The van der Waals surface area contributed by atoms with Crippen molar-refractivity contribution < 1.29 is 4.39 Å². The molecule has 0 saturated carbocycles. The van der Waals surface area contributed by atoms with E-state index in [9.17, 15) is 4.39 Å². The summed E-state index contributed by atoms with van der Waals surface area (Å²) >= 11 is 0. The van der Waals surface area contributed by atoms with Crippen LogP contribution in [0.25, 0.3) is 0 Å². The van der Waals surface area contributed by atoms with E-state index in [0.717, 1.165) is 16.9 Å². The summed E-state index contributed by atoms with van der Waals surface area (Å²) in [5.74, 6) is -0.228. The monoisotopic (exact) mass is 258 g/mol. The molecule has 3 N–H and O–H groups in total. The van der Waals surface area contributed by atoms with Gasteiger partial charge < -0.3 is 11.1 Å². The van der Waals surface area contributed by atoms with E-state index in [-0.39, 0.29) is 5.82 Å². The molecule has 0 amide bonds. The summed E-state index contributed by atoms with van der Waals surface area (Å²) < 4.78 is 13.3. The van der Waals surface area contributed by atoms with Gasteiger partial charge in [0.25, 0.3) is 0 Å². The minimum atomic E-state index is -0.228. The number of nitrogens with one attached hydrogen (secondary N) is 1. The van der Waals surface area contributed by atoms with Gasteiger partial charge in [-0.2, -0.15) is 0 Å². The van der Waals surface area contributed by atoms with Crippen LogP contribution in [0.1, 0.15) is 16.7 Å². The van der Waals surface area contributed by atoms with Crippen molar-refractivity contribution in [1.29, 1.82) is 0 Å². The molecule has 2 aromatic carbocycles. The lowest BCUT2D eigenvalue weighted by Gasteiger charge is -2.13. The second kappa shape index (κ2) is 5.85. The average Bonchev–Trinajstić information content (AvgIpc) is 2.37. The molecule has 0 aliphatic heterocycles. The van der Waals surface area contributed by atoms with Gasteiger partial charge in [-0.15, -0.1) is 0 Å². The first kappa shape index (κ1) is 13.6. The minimum absolute atomic E-state index is 0.228.